The van der Waals surface area contributed by atoms with E-state index in [1.807, 2.05) is 60.7 Å². The number of anilines is 2. The number of nitrogen functional groups attached to an aromatic ring is 1. The van der Waals surface area contributed by atoms with Crippen molar-refractivity contribution in [1.82, 2.24) is 9.78 Å². The summed E-state index contributed by atoms with van der Waals surface area (Å²) in [5, 5.41) is 14.3. The highest BCUT2D eigenvalue weighted by Crippen LogP contribution is 2.30. The van der Waals surface area contributed by atoms with Crippen LogP contribution in [0.1, 0.15) is 0 Å². The van der Waals surface area contributed by atoms with Crippen molar-refractivity contribution in [2.24, 2.45) is 0 Å². The largest absolute Gasteiger partial charge is 0.497 e. The molecule has 4 rings (SSSR count). The van der Waals surface area contributed by atoms with Crippen LogP contribution >= 0.6 is 0 Å². The minimum atomic E-state index is 0.521. The Labute approximate surface area is 157 Å². The van der Waals surface area contributed by atoms with Crippen LogP contribution in [0, 0.1) is 11.3 Å². The number of rotatable bonds is 4. The van der Waals surface area contributed by atoms with E-state index in [0.717, 1.165) is 28.4 Å². The Morgan fingerprint density at radius 2 is 1.81 bits per heavy atom. The Bertz CT molecular complexity index is 1030. The lowest BCUT2D eigenvalue weighted by atomic mass is 10.2. The summed E-state index contributed by atoms with van der Waals surface area (Å²) in [7, 11) is 1.64. The average molecular weight is 357 g/mol. The van der Waals surface area contributed by atoms with Crippen LogP contribution in [0.15, 0.2) is 66.2 Å². The molecular formula is C21H19N5O. The first kappa shape index (κ1) is 16.7. The second kappa shape index (κ2) is 6.89. The van der Waals surface area contributed by atoms with Crippen molar-refractivity contribution in [2.45, 2.75) is 0 Å². The molecule has 6 heteroatoms. The fourth-order valence-corrected chi connectivity index (χ4v) is 3.25. The van der Waals surface area contributed by atoms with Gasteiger partial charge in [-0.2, -0.15) is 10.4 Å². The third-order valence-electron chi connectivity index (χ3n) is 4.67. The molecule has 134 valence electrons. The first-order chi connectivity index (χ1) is 13.2. The minimum Gasteiger partial charge on any atom is -0.497 e. The normalized spacial score (nSPS) is 13.7. The van der Waals surface area contributed by atoms with Crippen LogP contribution in [0.25, 0.3) is 17.0 Å². The zero-order valence-corrected chi connectivity index (χ0v) is 15.0. The molecule has 2 N–H and O–H groups in total. The molecule has 27 heavy (non-hydrogen) atoms. The summed E-state index contributed by atoms with van der Waals surface area (Å²) >= 11 is 0. The first-order valence-electron chi connectivity index (χ1n) is 8.62. The molecule has 0 bridgehead atoms. The summed E-state index contributed by atoms with van der Waals surface area (Å²) in [6.45, 7) is 1.09. The topological polar surface area (TPSA) is 80.1 Å². The Kier molecular flexibility index (Phi) is 4.27. The summed E-state index contributed by atoms with van der Waals surface area (Å²) in [4.78, 5) is 2.12. The monoisotopic (exact) mass is 357 g/mol. The Morgan fingerprint density at radius 1 is 1.07 bits per heavy atom. The van der Waals surface area contributed by atoms with Gasteiger partial charge in [0.2, 0.25) is 0 Å². The predicted octanol–water partition coefficient (Wildman–Crippen LogP) is 3.40. The van der Waals surface area contributed by atoms with E-state index in [2.05, 4.69) is 16.1 Å². The number of nitriles is 1. The molecule has 1 aromatic heterocycles. The van der Waals surface area contributed by atoms with Gasteiger partial charge in [0.25, 0.3) is 0 Å². The molecule has 0 amide bonds. The van der Waals surface area contributed by atoms with Gasteiger partial charge in [-0.3, -0.25) is 0 Å². The van der Waals surface area contributed by atoms with Crippen molar-refractivity contribution in [3.8, 4) is 23.1 Å². The maximum atomic E-state index is 9.62. The molecular weight excluding hydrogens is 338 g/mol. The van der Waals surface area contributed by atoms with Crippen molar-refractivity contribution >= 4 is 17.2 Å². The van der Waals surface area contributed by atoms with Crippen LogP contribution in [-0.2, 0) is 0 Å². The number of methoxy groups -OCH3 is 1. The molecule has 6 nitrogen and oxygen atoms in total. The second-order valence-corrected chi connectivity index (χ2v) is 6.32. The fourth-order valence-electron chi connectivity index (χ4n) is 3.25. The van der Waals surface area contributed by atoms with Crippen LogP contribution < -0.4 is 15.4 Å². The molecule has 0 aliphatic carbocycles. The van der Waals surface area contributed by atoms with Gasteiger partial charge in [-0.25, -0.2) is 4.68 Å². The van der Waals surface area contributed by atoms with Gasteiger partial charge in [0.1, 0.15) is 11.6 Å². The van der Waals surface area contributed by atoms with Gasteiger partial charge < -0.3 is 15.4 Å². The highest BCUT2D eigenvalue weighted by molar-refractivity contribution is 5.73. The zero-order chi connectivity index (χ0) is 18.8. The minimum absolute atomic E-state index is 0.521. The molecule has 0 atom stereocenters. The number of benzene rings is 2. The summed E-state index contributed by atoms with van der Waals surface area (Å²) in [6.07, 6.45) is 0. The summed E-state index contributed by atoms with van der Waals surface area (Å²) < 4.78 is 6.90. The van der Waals surface area contributed by atoms with E-state index < -0.39 is 0 Å². The van der Waals surface area contributed by atoms with Crippen molar-refractivity contribution < 1.29 is 4.74 Å². The zero-order valence-electron chi connectivity index (χ0n) is 15.0. The molecule has 0 radical (unpaired) electrons. The van der Waals surface area contributed by atoms with Gasteiger partial charge in [-0.15, -0.1) is 0 Å². The number of hydrogen-bond acceptors (Lipinski definition) is 5. The van der Waals surface area contributed by atoms with Crippen LogP contribution in [-0.4, -0.2) is 30.0 Å². The molecule has 2 heterocycles. The van der Waals surface area contributed by atoms with E-state index in [1.54, 1.807) is 11.8 Å². The Hall–Kier alpha value is -3.72. The van der Waals surface area contributed by atoms with E-state index in [4.69, 9.17) is 10.5 Å². The smallest absolute Gasteiger partial charge is 0.127 e. The van der Waals surface area contributed by atoms with Crippen LogP contribution in [0.5, 0.6) is 5.75 Å². The maximum Gasteiger partial charge on any atom is 0.127 e. The number of nitrogens with zero attached hydrogens (tertiary/aromatic N) is 4. The lowest BCUT2D eigenvalue weighted by molar-refractivity contribution is 0.415. The van der Waals surface area contributed by atoms with E-state index in [9.17, 15) is 5.26 Å². The summed E-state index contributed by atoms with van der Waals surface area (Å²) in [5.74, 6) is 1.32. The summed E-state index contributed by atoms with van der Waals surface area (Å²) in [6, 6.07) is 21.8. The van der Waals surface area contributed by atoms with Gasteiger partial charge in [0.15, 0.2) is 0 Å². The highest BCUT2D eigenvalue weighted by Gasteiger charge is 2.26. The van der Waals surface area contributed by atoms with E-state index in [-0.39, 0.29) is 0 Å². The lowest BCUT2D eigenvalue weighted by Crippen LogP contribution is -2.21. The fraction of sp³-hybridized carbons (Fsp3) is 0.143. The van der Waals surface area contributed by atoms with E-state index in [0.29, 0.717) is 24.5 Å². The number of hydrogen-bond donors (Lipinski definition) is 1. The maximum absolute atomic E-state index is 9.62. The molecule has 0 fully saturated rings. The van der Waals surface area contributed by atoms with Crippen LogP contribution in [0.2, 0.25) is 0 Å². The number of nitrogens with two attached hydrogens (primary N) is 1. The van der Waals surface area contributed by atoms with E-state index in [1.165, 1.54) is 0 Å². The molecule has 1 aliphatic heterocycles. The standard InChI is InChI=1S/C21H19N5O/c1-27-18-9-7-17(8-10-18)25-13-16(12-22)20(14-25)26-21(23)11-19(24-26)15-5-3-2-4-6-15/h2-11H,13-14,23H2,1H3. The summed E-state index contributed by atoms with van der Waals surface area (Å²) in [5.41, 5.74) is 10.5. The molecule has 3 aromatic rings. The Balaban J connectivity index is 1.65. The number of ether oxygens (including phenoxy) is 1. The molecule has 0 saturated carbocycles. The second-order valence-electron chi connectivity index (χ2n) is 6.32. The first-order valence-corrected chi connectivity index (χ1v) is 8.62. The average Bonchev–Trinajstić information content (AvgIpc) is 3.32. The molecule has 1 aliphatic rings. The number of aromatic nitrogens is 2. The SMILES string of the molecule is COc1ccc(N2CC(C#N)=C(n3nc(-c4ccccc4)cc3N)C2)cc1. The quantitative estimate of drug-likeness (QED) is 0.774. The predicted molar refractivity (Wildman–Crippen MR) is 106 cm³/mol. The van der Waals surface area contributed by atoms with Gasteiger partial charge >= 0.3 is 0 Å². The van der Waals surface area contributed by atoms with Gasteiger partial charge in [0.05, 0.1) is 43.2 Å². The van der Waals surface area contributed by atoms with Gasteiger partial charge in [-0.05, 0) is 24.3 Å². The Morgan fingerprint density at radius 3 is 2.48 bits per heavy atom. The van der Waals surface area contributed by atoms with Crippen LogP contribution in [0.3, 0.4) is 0 Å². The molecule has 0 spiro atoms. The molecule has 0 unspecified atom stereocenters. The van der Waals surface area contributed by atoms with Crippen molar-refractivity contribution in [2.75, 3.05) is 30.8 Å². The van der Waals surface area contributed by atoms with Gasteiger partial charge in [-0.1, -0.05) is 30.3 Å². The van der Waals surface area contributed by atoms with Crippen molar-refractivity contribution in [1.29, 1.82) is 5.26 Å². The molecule has 2 aromatic carbocycles. The van der Waals surface area contributed by atoms with Gasteiger partial charge in [0, 0.05) is 17.3 Å². The molecule has 0 saturated heterocycles. The van der Waals surface area contributed by atoms with Crippen molar-refractivity contribution in [3.63, 3.8) is 0 Å². The third kappa shape index (κ3) is 3.11. The lowest BCUT2D eigenvalue weighted by Gasteiger charge is -2.19. The highest BCUT2D eigenvalue weighted by atomic mass is 16.5. The van der Waals surface area contributed by atoms with Crippen LogP contribution in [0.4, 0.5) is 11.5 Å². The van der Waals surface area contributed by atoms with E-state index >= 15 is 0 Å². The third-order valence-corrected chi connectivity index (χ3v) is 4.67. The van der Waals surface area contributed by atoms with Crippen molar-refractivity contribution in [3.05, 3.63) is 66.2 Å².